The van der Waals surface area contributed by atoms with Crippen molar-refractivity contribution in [1.29, 1.82) is 5.26 Å². The second-order valence-corrected chi connectivity index (χ2v) is 7.15. The summed E-state index contributed by atoms with van der Waals surface area (Å²) >= 11 is 0.911. The Bertz CT molecular complexity index is 925. The third-order valence-corrected chi connectivity index (χ3v) is 5.12. The topological polar surface area (TPSA) is 70.0 Å². The van der Waals surface area contributed by atoms with E-state index in [1.807, 2.05) is 5.40 Å². The minimum Gasteiger partial charge on any atom is -0.279 e. The predicted octanol–water partition coefficient (Wildman–Crippen LogP) is 4.04. The van der Waals surface area contributed by atoms with E-state index in [2.05, 4.69) is 4.72 Å². The number of hydrogen-bond donors (Lipinski definition) is 1. The second-order valence-electron chi connectivity index (χ2n) is 4.64. The molecule has 2 rings (SSSR count). The molecule has 0 aliphatic carbocycles. The maximum Gasteiger partial charge on any atom is 0.264 e. The summed E-state index contributed by atoms with van der Waals surface area (Å²) in [5.74, 6) is -5.11. The van der Waals surface area contributed by atoms with Gasteiger partial charge in [-0.3, -0.25) is 4.72 Å². The summed E-state index contributed by atoms with van der Waals surface area (Å²) in [4.78, 5) is -0.366. The first-order valence-corrected chi connectivity index (χ1v) is 8.95. The summed E-state index contributed by atoms with van der Waals surface area (Å²) in [7, 11) is -4.44. The van der Waals surface area contributed by atoms with Gasteiger partial charge >= 0.3 is 0 Å². The number of anilines is 1. The average molecular weight is 372 g/mol. The molecule has 2 aromatic carbocycles. The highest BCUT2D eigenvalue weighted by Crippen LogP contribution is 2.27. The Hall–Kier alpha value is -2.18. The highest BCUT2D eigenvalue weighted by molar-refractivity contribution is 8.03. The van der Waals surface area contributed by atoms with Gasteiger partial charge in [0.25, 0.3) is 10.0 Å². The Morgan fingerprint density at radius 2 is 1.88 bits per heavy atom. The number of rotatable bonds is 5. The molecule has 0 atom stereocenters. The minimum absolute atomic E-state index is 0.170. The number of nitrogens with zero attached hydrogens (tertiary/aromatic N) is 1. The van der Waals surface area contributed by atoms with Crippen molar-refractivity contribution in [2.75, 3.05) is 4.72 Å². The Morgan fingerprint density at radius 1 is 1.17 bits per heavy atom. The molecule has 4 nitrogen and oxygen atoms in total. The summed E-state index contributed by atoms with van der Waals surface area (Å²) in [5, 5.41) is 10.6. The molecular weight excluding hydrogens is 361 g/mol. The number of sulfonamides is 1. The monoisotopic (exact) mass is 372 g/mol. The van der Waals surface area contributed by atoms with E-state index in [0.29, 0.717) is 29.0 Å². The van der Waals surface area contributed by atoms with Gasteiger partial charge < -0.3 is 0 Å². The van der Waals surface area contributed by atoms with Crippen LogP contribution >= 0.6 is 11.8 Å². The van der Waals surface area contributed by atoms with Gasteiger partial charge in [0, 0.05) is 4.90 Å². The van der Waals surface area contributed by atoms with Crippen LogP contribution in [0.3, 0.4) is 0 Å². The fraction of sp³-hybridized carbons (Fsp3) is 0.133. The van der Waals surface area contributed by atoms with Gasteiger partial charge in [0.15, 0.2) is 17.5 Å². The third kappa shape index (κ3) is 3.66. The molecule has 0 saturated heterocycles. The zero-order valence-corrected chi connectivity index (χ0v) is 13.9. The smallest absolute Gasteiger partial charge is 0.264 e. The van der Waals surface area contributed by atoms with Crippen molar-refractivity contribution in [1.82, 2.24) is 0 Å². The summed E-state index contributed by atoms with van der Waals surface area (Å²) in [6, 6.07) is 5.76. The molecule has 1 N–H and O–H groups in total. The fourth-order valence-electron chi connectivity index (χ4n) is 1.99. The van der Waals surface area contributed by atoms with Crippen molar-refractivity contribution in [2.45, 2.75) is 23.1 Å². The van der Waals surface area contributed by atoms with Crippen molar-refractivity contribution in [2.24, 2.45) is 0 Å². The Kier molecular flexibility index (Phi) is 5.41. The number of thioether (sulfide) groups is 1. The normalized spacial score (nSPS) is 11.1. The maximum atomic E-state index is 13.7. The van der Waals surface area contributed by atoms with E-state index in [9.17, 15) is 21.6 Å². The predicted molar refractivity (Wildman–Crippen MR) is 84.4 cm³/mol. The van der Waals surface area contributed by atoms with Gasteiger partial charge in [-0.25, -0.2) is 21.6 Å². The molecule has 0 bridgehead atoms. The number of aryl methyl sites for hydroxylation is 1. The lowest BCUT2D eigenvalue weighted by molar-refractivity contribution is 0.432. The van der Waals surface area contributed by atoms with E-state index in [-0.39, 0.29) is 5.69 Å². The van der Waals surface area contributed by atoms with Crippen LogP contribution in [-0.2, 0) is 16.4 Å². The summed E-state index contributed by atoms with van der Waals surface area (Å²) in [6.45, 7) is 1.77. The molecule has 0 radical (unpaired) electrons. The van der Waals surface area contributed by atoms with Crippen molar-refractivity contribution < 1.29 is 21.6 Å². The molecule has 0 fully saturated rings. The average Bonchev–Trinajstić information content (AvgIpc) is 2.53. The first-order valence-electron chi connectivity index (χ1n) is 6.65. The zero-order valence-electron chi connectivity index (χ0n) is 12.3. The molecule has 0 heterocycles. The Balaban J connectivity index is 2.43. The molecule has 0 spiro atoms. The first kappa shape index (κ1) is 18.2. The summed E-state index contributed by atoms with van der Waals surface area (Å²) < 4.78 is 66.6. The lowest BCUT2D eigenvalue weighted by Gasteiger charge is -2.13. The first-order chi connectivity index (χ1) is 11.3. The van der Waals surface area contributed by atoms with Crippen LogP contribution < -0.4 is 4.72 Å². The van der Waals surface area contributed by atoms with Crippen LogP contribution in [0.5, 0.6) is 0 Å². The fourth-order valence-corrected chi connectivity index (χ4v) is 3.61. The van der Waals surface area contributed by atoms with Gasteiger partial charge in [-0.2, -0.15) is 5.26 Å². The highest BCUT2D eigenvalue weighted by atomic mass is 32.2. The number of benzene rings is 2. The van der Waals surface area contributed by atoms with Crippen LogP contribution in [-0.4, -0.2) is 8.42 Å². The van der Waals surface area contributed by atoms with Gasteiger partial charge in [0.05, 0.1) is 5.69 Å². The zero-order chi connectivity index (χ0) is 17.9. The van der Waals surface area contributed by atoms with E-state index in [4.69, 9.17) is 5.26 Å². The number of nitrogens with one attached hydrogen (secondary N) is 1. The summed E-state index contributed by atoms with van der Waals surface area (Å²) in [5.41, 5.74) is 0.741. The lowest BCUT2D eigenvalue weighted by atomic mass is 10.1. The molecule has 0 unspecified atom stereocenters. The standard InChI is InChI=1S/C15H11F3N2O2S2/c1-2-9-7-10(23-8-19)3-5-12(9)20-24(21,22)13-6-4-11(16)14(17)15(13)18/h3-7,20H,2H2,1H3. The lowest BCUT2D eigenvalue weighted by Crippen LogP contribution is -2.16. The van der Waals surface area contributed by atoms with Crippen molar-refractivity contribution >= 4 is 27.5 Å². The Labute approximate surface area is 141 Å². The molecule has 0 amide bonds. The molecule has 9 heteroatoms. The SMILES string of the molecule is CCc1cc(SC#N)ccc1NS(=O)(=O)c1ccc(F)c(F)c1F. The van der Waals surface area contributed by atoms with Gasteiger partial charge in [0.1, 0.15) is 10.3 Å². The summed E-state index contributed by atoms with van der Waals surface area (Å²) in [6.07, 6.45) is 0.442. The molecule has 0 aliphatic rings. The van der Waals surface area contributed by atoms with E-state index in [1.165, 1.54) is 12.1 Å². The van der Waals surface area contributed by atoms with Crippen LogP contribution in [0, 0.1) is 28.1 Å². The molecule has 2 aromatic rings. The van der Waals surface area contributed by atoms with Crippen molar-refractivity contribution in [3.8, 4) is 5.40 Å². The van der Waals surface area contributed by atoms with Crippen molar-refractivity contribution in [3.05, 3.63) is 53.3 Å². The third-order valence-electron chi connectivity index (χ3n) is 3.15. The van der Waals surface area contributed by atoms with Gasteiger partial charge in [-0.1, -0.05) is 6.92 Å². The molecule has 126 valence electrons. The Morgan fingerprint density at radius 3 is 2.50 bits per heavy atom. The molecule has 0 saturated carbocycles. The number of hydrogen-bond acceptors (Lipinski definition) is 4. The number of halogens is 3. The van der Waals surface area contributed by atoms with E-state index in [0.717, 1.165) is 11.8 Å². The second kappa shape index (κ2) is 7.15. The van der Waals surface area contributed by atoms with Crippen LogP contribution in [0.25, 0.3) is 0 Å². The van der Waals surface area contributed by atoms with E-state index < -0.39 is 32.4 Å². The molecule has 0 aromatic heterocycles. The van der Waals surface area contributed by atoms with Gasteiger partial charge in [-0.15, -0.1) is 0 Å². The molecular formula is C15H11F3N2O2S2. The quantitative estimate of drug-likeness (QED) is 0.489. The van der Waals surface area contributed by atoms with Crippen LogP contribution in [0.1, 0.15) is 12.5 Å². The van der Waals surface area contributed by atoms with Crippen LogP contribution in [0.2, 0.25) is 0 Å². The minimum atomic E-state index is -4.44. The maximum absolute atomic E-state index is 13.7. The molecule has 0 aliphatic heterocycles. The van der Waals surface area contributed by atoms with Gasteiger partial charge in [0.2, 0.25) is 0 Å². The van der Waals surface area contributed by atoms with Crippen molar-refractivity contribution in [3.63, 3.8) is 0 Å². The van der Waals surface area contributed by atoms with Crippen LogP contribution in [0.4, 0.5) is 18.9 Å². The highest BCUT2D eigenvalue weighted by Gasteiger charge is 2.24. The van der Waals surface area contributed by atoms with E-state index >= 15 is 0 Å². The van der Waals surface area contributed by atoms with Gasteiger partial charge in [-0.05, 0) is 54.1 Å². The number of thiocyanates is 1. The van der Waals surface area contributed by atoms with Crippen LogP contribution in [0.15, 0.2) is 40.1 Å². The largest absolute Gasteiger partial charge is 0.279 e. The number of nitriles is 1. The van der Waals surface area contributed by atoms with E-state index in [1.54, 1.807) is 13.0 Å². The molecule has 24 heavy (non-hydrogen) atoms.